The standard InChI is InChI=1S/C24H27FN4O2/c1-16-20(6-3-7-22(16)25)15-29-12-4-5-18(14-29)13-23-27-24(28-31-23)19-8-10-21(11-9-19)26-17(2)30/h3,6-11,18H,4-5,12-15H2,1-2H3,(H,26,30)/t18-/m1/s1. The Bertz CT molecular complexity index is 1050. The zero-order chi connectivity index (χ0) is 21.8. The molecular weight excluding hydrogens is 395 g/mol. The highest BCUT2D eigenvalue weighted by molar-refractivity contribution is 5.88. The van der Waals surface area contributed by atoms with Crippen molar-refractivity contribution < 1.29 is 13.7 Å². The maximum atomic E-state index is 13.9. The third-order valence-electron chi connectivity index (χ3n) is 5.77. The Kier molecular flexibility index (Phi) is 6.42. The summed E-state index contributed by atoms with van der Waals surface area (Å²) in [6.45, 7) is 6.02. The van der Waals surface area contributed by atoms with Crippen molar-refractivity contribution >= 4 is 11.6 Å². The number of halogens is 1. The van der Waals surface area contributed by atoms with Crippen molar-refractivity contribution in [2.75, 3.05) is 18.4 Å². The van der Waals surface area contributed by atoms with E-state index in [1.54, 1.807) is 6.07 Å². The molecule has 3 aromatic rings. The van der Waals surface area contributed by atoms with Gasteiger partial charge in [-0.15, -0.1) is 0 Å². The number of rotatable bonds is 6. The molecule has 1 atom stereocenters. The van der Waals surface area contributed by atoms with Gasteiger partial charge in [0.05, 0.1) is 0 Å². The zero-order valence-electron chi connectivity index (χ0n) is 17.9. The average Bonchev–Trinajstić information content (AvgIpc) is 3.20. The third kappa shape index (κ3) is 5.35. The number of carbonyl (C=O) groups excluding carboxylic acids is 1. The van der Waals surface area contributed by atoms with E-state index in [0.717, 1.165) is 61.3 Å². The first-order valence-corrected chi connectivity index (χ1v) is 10.6. The molecule has 2 heterocycles. The van der Waals surface area contributed by atoms with E-state index in [-0.39, 0.29) is 11.7 Å². The van der Waals surface area contributed by atoms with Crippen LogP contribution in [-0.4, -0.2) is 34.0 Å². The van der Waals surface area contributed by atoms with Gasteiger partial charge in [-0.05, 0) is 73.7 Å². The number of nitrogens with zero attached hydrogens (tertiary/aromatic N) is 3. The number of hydrogen-bond acceptors (Lipinski definition) is 5. The van der Waals surface area contributed by atoms with Crippen molar-refractivity contribution in [1.82, 2.24) is 15.0 Å². The molecule has 0 aliphatic carbocycles. The highest BCUT2D eigenvalue weighted by Gasteiger charge is 2.23. The molecule has 1 amide bonds. The van der Waals surface area contributed by atoms with Crippen molar-refractivity contribution in [1.29, 1.82) is 0 Å². The lowest BCUT2D eigenvalue weighted by Crippen LogP contribution is -2.36. The molecule has 0 bridgehead atoms. The minimum Gasteiger partial charge on any atom is -0.339 e. The Morgan fingerprint density at radius 1 is 1.26 bits per heavy atom. The summed E-state index contributed by atoms with van der Waals surface area (Å²) in [4.78, 5) is 18.1. The first kappa shape index (κ1) is 21.2. The van der Waals surface area contributed by atoms with Crippen LogP contribution in [0, 0.1) is 18.7 Å². The molecule has 1 fully saturated rings. The van der Waals surface area contributed by atoms with Gasteiger partial charge in [-0.1, -0.05) is 17.3 Å². The summed E-state index contributed by atoms with van der Waals surface area (Å²) in [5.41, 5.74) is 3.35. The van der Waals surface area contributed by atoms with Gasteiger partial charge < -0.3 is 9.84 Å². The number of piperidine rings is 1. The predicted octanol–water partition coefficient (Wildman–Crippen LogP) is 4.60. The Morgan fingerprint density at radius 2 is 2.06 bits per heavy atom. The number of carbonyl (C=O) groups is 1. The van der Waals surface area contributed by atoms with Crippen LogP contribution in [0.4, 0.5) is 10.1 Å². The van der Waals surface area contributed by atoms with E-state index in [1.807, 2.05) is 37.3 Å². The summed E-state index contributed by atoms with van der Waals surface area (Å²) in [7, 11) is 0. The molecule has 162 valence electrons. The molecule has 7 heteroatoms. The smallest absolute Gasteiger partial charge is 0.227 e. The lowest BCUT2D eigenvalue weighted by molar-refractivity contribution is -0.114. The summed E-state index contributed by atoms with van der Waals surface area (Å²) in [6, 6.07) is 12.7. The summed E-state index contributed by atoms with van der Waals surface area (Å²) in [5.74, 6) is 1.36. The van der Waals surface area contributed by atoms with E-state index in [4.69, 9.17) is 4.52 Å². The van der Waals surface area contributed by atoms with Gasteiger partial charge in [-0.2, -0.15) is 4.98 Å². The van der Waals surface area contributed by atoms with E-state index >= 15 is 0 Å². The van der Waals surface area contributed by atoms with Crippen LogP contribution in [0.3, 0.4) is 0 Å². The van der Waals surface area contributed by atoms with Crippen molar-refractivity contribution in [2.24, 2.45) is 5.92 Å². The van der Waals surface area contributed by atoms with Crippen LogP contribution in [0.1, 0.15) is 36.8 Å². The van der Waals surface area contributed by atoms with Crippen molar-refractivity contribution in [3.63, 3.8) is 0 Å². The van der Waals surface area contributed by atoms with E-state index in [2.05, 4.69) is 20.4 Å². The quantitative estimate of drug-likeness (QED) is 0.629. The Hall–Kier alpha value is -3.06. The lowest BCUT2D eigenvalue weighted by Gasteiger charge is -2.32. The van der Waals surface area contributed by atoms with Crippen LogP contribution in [0.5, 0.6) is 0 Å². The number of benzene rings is 2. The average molecular weight is 423 g/mol. The van der Waals surface area contributed by atoms with Crippen molar-refractivity contribution in [2.45, 2.75) is 39.7 Å². The number of hydrogen-bond donors (Lipinski definition) is 1. The number of anilines is 1. The van der Waals surface area contributed by atoms with Gasteiger partial charge in [0.25, 0.3) is 0 Å². The van der Waals surface area contributed by atoms with E-state index in [0.29, 0.717) is 17.6 Å². The molecule has 1 aliphatic heterocycles. The van der Waals surface area contributed by atoms with Crippen molar-refractivity contribution in [3.8, 4) is 11.4 Å². The maximum absolute atomic E-state index is 13.9. The molecule has 2 aromatic carbocycles. The van der Waals surface area contributed by atoms with Crippen LogP contribution in [0.2, 0.25) is 0 Å². The van der Waals surface area contributed by atoms with Gasteiger partial charge in [0.2, 0.25) is 17.6 Å². The predicted molar refractivity (Wildman–Crippen MR) is 117 cm³/mol. The number of likely N-dealkylation sites (tertiary alicyclic amines) is 1. The normalized spacial score (nSPS) is 16.9. The third-order valence-corrected chi connectivity index (χ3v) is 5.77. The molecule has 6 nitrogen and oxygen atoms in total. The summed E-state index contributed by atoms with van der Waals surface area (Å²) < 4.78 is 19.4. The molecule has 0 unspecified atom stereocenters. The Balaban J connectivity index is 1.37. The minimum absolute atomic E-state index is 0.108. The van der Waals surface area contributed by atoms with E-state index in [1.165, 1.54) is 13.0 Å². The second kappa shape index (κ2) is 9.39. The fourth-order valence-electron chi connectivity index (χ4n) is 4.13. The highest BCUT2D eigenvalue weighted by Crippen LogP contribution is 2.25. The maximum Gasteiger partial charge on any atom is 0.227 e. The van der Waals surface area contributed by atoms with Gasteiger partial charge in [0.15, 0.2) is 0 Å². The van der Waals surface area contributed by atoms with Gasteiger partial charge in [-0.25, -0.2) is 4.39 Å². The second-order valence-corrected chi connectivity index (χ2v) is 8.24. The Morgan fingerprint density at radius 3 is 2.84 bits per heavy atom. The zero-order valence-corrected chi connectivity index (χ0v) is 17.9. The molecule has 0 saturated carbocycles. The van der Waals surface area contributed by atoms with Gasteiger partial charge >= 0.3 is 0 Å². The van der Waals surface area contributed by atoms with E-state index in [9.17, 15) is 9.18 Å². The molecule has 1 N–H and O–H groups in total. The summed E-state index contributed by atoms with van der Waals surface area (Å²) >= 11 is 0. The van der Waals surface area contributed by atoms with Crippen LogP contribution >= 0.6 is 0 Å². The number of nitrogens with one attached hydrogen (secondary N) is 1. The Labute approximate surface area is 181 Å². The van der Waals surface area contributed by atoms with Crippen LogP contribution in [0.25, 0.3) is 11.4 Å². The molecule has 1 aromatic heterocycles. The van der Waals surface area contributed by atoms with Crippen molar-refractivity contribution in [3.05, 3.63) is 65.3 Å². The van der Waals surface area contributed by atoms with E-state index < -0.39 is 0 Å². The fraction of sp³-hybridized carbons (Fsp3) is 0.375. The van der Waals surface area contributed by atoms with Gasteiger partial charge in [0, 0.05) is 37.7 Å². The minimum atomic E-state index is -0.144. The molecule has 31 heavy (non-hydrogen) atoms. The first-order valence-electron chi connectivity index (χ1n) is 10.6. The first-order chi connectivity index (χ1) is 15.0. The number of amides is 1. The lowest BCUT2D eigenvalue weighted by atomic mass is 9.94. The molecule has 1 saturated heterocycles. The largest absolute Gasteiger partial charge is 0.339 e. The van der Waals surface area contributed by atoms with Gasteiger partial charge in [0.1, 0.15) is 5.82 Å². The van der Waals surface area contributed by atoms with Crippen LogP contribution in [0.15, 0.2) is 47.0 Å². The second-order valence-electron chi connectivity index (χ2n) is 8.24. The molecular formula is C24H27FN4O2. The topological polar surface area (TPSA) is 71.3 Å². The monoisotopic (exact) mass is 422 g/mol. The van der Waals surface area contributed by atoms with Crippen LogP contribution < -0.4 is 5.32 Å². The molecule has 1 aliphatic rings. The molecule has 4 rings (SSSR count). The summed E-state index contributed by atoms with van der Waals surface area (Å²) in [6.07, 6.45) is 2.95. The molecule has 0 spiro atoms. The summed E-state index contributed by atoms with van der Waals surface area (Å²) in [5, 5.41) is 6.86. The fourth-order valence-corrected chi connectivity index (χ4v) is 4.13. The SMILES string of the molecule is CC(=O)Nc1ccc(-c2noc(C[C@H]3CCCN(Cc4cccc(F)c4C)C3)n2)cc1. The molecule has 0 radical (unpaired) electrons. The highest BCUT2D eigenvalue weighted by atomic mass is 19.1. The van der Waals surface area contributed by atoms with Crippen LogP contribution in [-0.2, 0) is 17.8 Å². The number of aromatic nitrogens is 2. The van der Waals surface area contributed by atoms with Gasteiger partial charge in [-0.3, -0.25) is 9.69 Å².